The topological polar surface area (TPSA) is 12.9 Å². The van der Waals surface area contributed by atoms with Gasteiger partial charge in [-0.1, -0.05) is 37.9 Å². The van der Waals surface area contributed by atoms with E-state index in [1.165, 1.54) is 10.9 Å². The zero-order valence-corrected chi connectivity index (χ0v) is 10.5. The van der Waals surface area contributed by atoms with Crippen molar-refractivity contribution in [2.75, 3.05) is 0 Å². The highest BCUT2D eigenvalue weighted by molar-refractivity contribution is 6.30. The molecule has 16 heavy (non-hydrogen) atoms. The number of aryl methyl sites for hydroxylation is 2. The first-order valence-electron chi connectivity index (χ1n) is 5.82. The molecule has 0 aliphatic carbocycles. The molecule has 0 aliphatic heterocycles. The van der Waals surface area contributed by atoms with Gasteiger partial charge in [0.25, 0.3) is 0 Å². The molecule has 0 bridgehead atoms. The van der Waals surface area contributed by atoms with Crippen LogP contribution >= 0.6 is 11.6 Å². The van der Waals surface area contributed by atoms with Crippen LogP contribution in [-0.4, -0.2) is 4.98 Å². The predicted molar refractivity (Wildman–Crippen MR) is 70.1 cm³/mol. The molecular weight excluding hydrogens is 218 g/mol. The van der Waals surface area contributed by atoms with Gasteiger partial charge in [0.1, 0.15) is 5.15 Å². The molecule has 1 aromatic carbocycles. The fourth-order valence-electron chi connectivity index (χ4n) is 1.91. The van der Waals surface area contributed by atoms with Crippen LogP contribution in [0.4, 0.5) is 0 Å². The van der Waals surface area contributed by atoms with E-state index in [2.05, 4.69) is 43.1 Å². The van der Waals surface area contributed by atoms with Gasteiger partial charge in [-0.2, -0.15) is 0 Å². The lowest BCUT2D eigenvalue weighted by Crippen LogP contribution is -1.91. The third-order valence-electron chi connectivity index (χ3n) is 2.83. The largest absolute Gasteiger partial charge is 0.236 e. The lowest BCUT2D eigenvalue weighted by molar-refractivity contribution is 0.917. The van der Waals surface area contributed by atoms with Gasteiger partial charge in [0.15, 0.2) is 0 Å². The average Bonchev–Trinajstić information content (AvgIpc) is 2.30. The molecule has 1 aromatic heterocycles. The van der Waals surface area contributed by atoms with Gasteiger partial charge in [0, 0.05) is 5.39 Å². The number of rotatable bonds is 3. The minimum atomic E-state index is 0.651. The summed E-state index contributed by atoms with van der Waals surface area (Å²) in [5.41, 5.74) is 3.49. The summed E-state index contributed by atoms with van der Waals surface area (Å²) in [7, 11) is 0. The zero-order chi connectivity index (χ0) is 11.5. The number of nitrogens with zero attached hydrogens (tertiary/aromatic N) is 1. The smallest absolute Gasteiger partial charge is 0.132 e. The van der Waals surface area contributed by atoms with E-state index in [1.54, 1.807) is 0 Å². The molecular formula is C14H16ClN. The highest BCUT2D eigenvalue weighted by Crippen LogP contribution is 2.22. The second-order valence-corrected chi connectivity index (χ2v) is 4.43. The molecule has 1 nitrogen and oxygen atoms in total. The van der Waals surface area contributed by atoms with Crippen LogP contribution in [0.25, 0.3) is 10.9 Å². The normalized spacial score (nSPS) is 10.9. The molecule has 0 saturated heterocycles. The number of aromatic nitrogens is 1. The van der Waals surface area contributed by atoms with Crippen LogP contribution in [0, 0.1) is 0 Å². The number of fused-ring (bicyclic) bond motifs is 1. The monoisotopic (exact) mass is 233 g/mol. The molecule has 2 rings (SSSR count). The molecule has 0 aliphatic rings. The highest BCUT2D eigenvalue weighted by Gasteiger charge is 2.04. The maximum absolute atomic E-state index is 6.14. The Morgan fingerprint density at radius 1 is 1.19 bits per heavy atom. The molecule has 0 saturated carbocycles. The van der Waals surface area contributed by atoms with Crippen LogP contribution in [0.3, 0.4) is 0 Å². The van der Waals surface area contributed by atoms with Crippen LogP contribution in [0.1, 0.15) is 31.4 Å². The Hall–Kier alpha value is -1.08. The molecule has 0 unspecified atom stereocenters. The number of benzene rings is 1. The summed E-state index contributed by atoms with van der Waals surface area (Å²) in [4.78, 5) is 4.44. The first kappa shape index (κ1) is 11.4. The van der Waals surface area contributed by atoms with Gasteiger partial charge in [-0.25, -0.2) is 4.98 Å². The third kappa shape index (κ3) is 2.19. The van der Waals surface area contributed by atoms with Gasteiger partial charge in [-0.15, -0.1) is 0 Å². The van der Waals surface area contributed by atoms with Crippen molar-refractivity contribution in [2.45, 2.75) is 33.1 Å². The third-order valence-corrected chi connectivity index (χ3v) is 3.16. The Labute approximate surface area is 101 Å². The fourth-order valence-corrected chi connectivity index (χ4v) is 2.15. The second kappa shape index (κ2) is 4.84. The number of pyridine rings is 1. The van der Waals surface area contributed by atoms with Gasteiger partial charge in [-0.3, -0.25) is 0 Å². The molecule has 0 fully saturated rings. The van der Waals surface area contributed by atoms with E-state index < -0.39 is 0 Å². The van der Waals surface area contributed by atoms with E-state index in [0.29, 0.717) is 5.15 Å². The molecule has 2 heteroatoms. The summed E-state index contributed by atoms with van der Waals surface area (Å²) in [6.07, 6.45) is 3.15. The molecule has 0 atom stereocenters. The zero-order valence-electron chi connectivity index (χ0n) is 9.76. The quantitative estimate of drug-likeness (QED) is 0.716. The molecule has 0 N–H and O–H groups in total. The Kier molecular flexibility index (Phi) is 3.45. The Bertz CT molecular complexity index is 505. The Morgan fingerprint density at radius 2 is 2.00 bits per heavy atom. The molecule has 1 heterocycles. The van der Waals surface area contributed by atoms with Gasteiger partial charge >= 0.3 is 0 Å². The Balaban J connectivity index is 2.56. The lowest BCUT2D eigenvalue weighted by atomic mass is 10.1. The van der Waals surface area contributed by atoms with E-state index in [9.17, 15) is 0 Å². The van der Waals surface area contributed by atoms with Gasteiger partial charge in [0.05, 0.1) is 5.52 Å². The van der Waals surface area contributed by atoms with Crippen molar-refractivity contribution in [3.63, 3.8) is 0 Å². The summed E-state index contributed by atoms with van der Waals surface area (Å²) >= 11 is 6.14. The molecule has 0 radical (unpaired) electrons. The Morgan fingerprint density at radius 3 is 2.69 bits per heavy atom. The summed E-state index contributed by atoms with van der Waals surface area (Å²) in [6.45, 7) is 4.32. The van der Waals surface area contributed by atoms with Gasteiger partial charge in [0.2, 0.25) is 0 Å². The van der Waals surface area contributed by atoms with Crippen LogP contribution in [0.15, 0.2) is 24.3 Å². The van der Waals surface area contributed by atoms with E-state index in [4.69, 9.17) is 11.6 Å². The first-order chi connectivity index (χ1) is 7.74. The molecule has 84 valence electrons. The van der Waals surface area contributed by atoms with Crippen LogP contribution in [0.5, 0.6) is 0 Å². The summed E-state index contributed by atoms with van der Waals surface area (Å²) in [5.74, 6) is 0. The molecule has 2 aromatic rings. The predicted octanol–water partition coefficient (Wildman–Crippen LogP) is 4.40. The van der Waals surface area contributed by atoms with E-state index >= 15 is 0 Å². The number of halogens is 1. The summed E-state index contributed by atoms with van der Waals surface area (Å²) in [5, 5.41) is 1.85. The van der Waals surface area contributed by atoms with Crippen molar-refractivity contribution in [3.05, 3.63) is 40.5 Å². The van der Waals surface area contributed by atoms with Crippen molar-refractivity contribution >= 4 is 22.5 Å². The number of hydrogen-bond donors (Lipinski definition) is 0. The van der Waals surface area contributed by atoms with Crippen molar-refractivity contribution in [1.29, 1.82) is 0 Å². The van der Waals surface area contributed by atoms with Crippen molar-refractivity contribution in [1.82, 2.24) is 4.98 Å². The van der Waals surface area contributed by atoms with E-state index in [-0.39, 0.29) is 0 Å². The number of hydrogen-bond acceptors (Lipinski definition) is 1. The van der Waals surface area contributed by atoms with Gasteiger partial charge < -0.3 is 0 Å². The standard InChI is InChI=1S/C14H16ClN/c1-3-5-11-9-12-8-10(4-2)6-7-13(12)16-14(11)15/h6-9H,3-5H2,1-2H3. The minimum absolute atomic E-state index is 0.651. The fraction of sp³-hybridized carbons (Fsp3) is 0.357. The highest BCUT2D eigenvalue weighted by atomic mass is 35.5. The maximum Gasteiger partial charge on any atom is 0.132 e. The SMILES string of the molecule is CCCc1cc2cc(CC)ccc2nc1Cl. The lowest BCUT2D eigenvalue weighted by Gasteiger charge is -2.06. The minimum Gasteiger partial charge on any atom is -0.236 e. The average molecular weight is 234 g/mol. The van der Waals surface area contributed by atoms with Crippen LogP contribution < -0.4 is 0 Å². The van der Waals surface area contributed by atoms with Crippen molar-refractivity contribution < 1.29 is 0 Å². The van der Waals surface area contributed by atoms with Crippen molar-refractivity contribution in [2.24, 2.45) is 0 Å². The summed E-state index contributed by atoms with van der Waals surface area (Å²) in [6, 6.07) is 8.55. The maximum atomic E-state index is 6.14. The first-order valence-corrected chi connectivity index (χ1v) is 6.20. The van der Waals surface area contributed by atoms with Crippen molar-refractivity contribution in [3.8, 4) is 0 Å². The van der Waals surface area contributed by atoms with E-state index in [1.807, 2.05) is 0 Å². The van der Waals surface area contributed by atoms with Gasteiger partial charge in [-0.05, 0) is 42.2 Å². The molecule has 0 spiro atoms. The summed E-state index contributed by atoms with van der Waals surface area (Å²) < 4.78 is 0. The van der Waals surface area contributed by atoms with Crippen LogP contribution in [0.2, 0.25) is 5.15 Å². The molecule has 0 amide bonds. The van der Waals surface area contributed by atoms with Crippen LogP contribution in [-0.2, 0) is 12.8 Å². The second-order valence-electron chi connectivity index (χ2n) is 4.07. The van der Waals surface area contributed by atoms with E-state index in [0.717, 1.165) is 30.3 Å².